The van der Waals surface area contributed by atoms with Gasteiger partial charge in [0, 0.05) is 37.4 Å². The third-order valence-corrected chi connectivity index (χ3v) is 6.26. The second-order valence-corrected chi connectivity index (χ2v) is 10.5. The van der Waals surface area contributed by atoms with E-state index in [2.05, 4.69) is 31.7 Å². The van der Waals surface area contributed by atoms with Crippen LogP contribution in [0.4, 0.5) is 16.3 Å². The predicted molar refractivity (Wildman–Crippen MR) is 135 cm³/mol. The first-order valence-electron chi connectivity index (χ1n) is 12.1. The number of hydrogen-bond donors (Lipinski definition) is 2. The minimum absolute atomic E-state index is 0.0311. The molecule has 2 amide bonds. The molecule has 1 saturated carbocycles. The van der Waals surface area contributed by atoms with Crippen LogP contribution in [0, 0.1) is 0 Å². The van der Waals surface area contributed by atoms with Crippen molar-refractivity contribution in [3.05, 3.63) is 47.8 Å². The Bertz CT molecular complexity index is 1270. The Morgan fingerprint density at radius 3 is 2.69 bits per heavy atom. The fraction of sp³-hybridized carbons (Fsp3) is 0.462. The molecule has 5 rings (SSSR count). The number of rotatable bonds is 5. The number of nitrogens with zero attached hydrogens (tertiary/aromatic N) is 4. The van der Waals surface area contributed by atoms with E-state index in [1.807, 2.05) is 52.2 Å². The molecule has 9 nitrogen and oxygen atoms in total. The number of alkyl carbamates (subject to hydrolysis) is 1. The molecule has 0 bridgehead atoms. The highest BCUT2D eigenvalue weighted by atomic mass is 16.6. The highest BCUT2D eigenvalue weighted by Crippen LogP contribution is 2.44. The molecule has 0 spiro atoms. The first-order chi connectivity index (χ1) is 16.6. The van der Waals surface area contributed by atoms with E-state index >= 15 is 0 Å². The summed E-state index contributed by atoms with van der Waals surface area (Å²) in [6, 6.07) is 9.53. The number of amides is 2. The molecule has 1 saturated heterocycles. The van der Waals surface area contributed by atoms with Crippen LogP contribution in [0.5, 0.6) is 0 Å². The Balaban J connectivity index is 1.28. The number of pyridine rings is 1. The molecule has 2 aromatic heterocycles. The van der Waals surface area contributed by atoms with E-state index in [1.165, 1.54) is 0 Å². The first-order valence-corrected chi connectivity index (χ1v) is 12.1. The average Bonchev–Trinajstić information content (AvgIpc) is 3.41. The number of fused-ring (bicyclic) bond motifs is 1. The highest BCUT2D eigenvalue weighted by molar-refractivity contribution is 6.04. The Hall–Kier alpha value is -3.62. The third-order valence-electron chi connectivity index (χ3n) is 6.26. The number of anilines is 2. The van der Waals surface area contributed by atoms with Gasteiger partial charge in [0.05, 0.1) is 11.6 Å². The quantitative estimate of drug-likeness (QED) is 0.572. The van der Waals surface area contributed by atoms with Crippen molar-refractivity contribution >= 4 is 34.4 Å². The maximum Gasteiger partial charge on any atom is 0.407 e. The van der Waals surface area contributed by atoms with Crippen LogP contribution >= 0.6 is 0 Å². The lowest BCUT2D eigenvalue weighted by atomic mass is 10.1. The fourth-order valence-electron chi connectivity index (χ4n) is 4.52. The van der Waals surface area contributed by atoms with Crippen molar-refractivity contribution in [3.8, 4) is 0 Å². The molecule has 2 N–H and O–H groups in total. The SMILES string of the molecule is Cn1cc2cc(NC(=O)c3cccc(N4CC[C@H](NC(=O)OC(C)(C)C)C4)n3)c(C3CC3)cc2n1. The van der Waals surface area contributed by atoms with Gasteiger partial charge >= 0.3 is 6.09 Å². The summed E-state index contributed by atoms with van der Waals surface area (Å²) in [7, 11) is 1.90. The lowest BCUT2D eigenvalue weighted by Crippen LogP contribution is -2.40. The van der Waals surface area contributed by atoms with Gasteiger partial charge < -0.3 is 20.3 Å². The molecule has 3 heterocycles. The smallest absolute Gasteiger partial charge is 0.407 e. The Morgan fingerprint density at radius 2 is 1.94 bits per heavy atom. The highest BCUT2D eigenvalue weighted by Gasteiger charge is 2.29. The maximum atomic E-state index is 13.2. The van der Waals surface area contributed by atoms with Crippen LogP contribution in [-0.4, -0.2) is 51.5 Å². The molecule has 184 valence electrons. The second-order valence-electron chi connectivity index (χ2n) is 10.5. The summed E-state index contributed by atoms with van der Waals surface area (Å²) in [5, 5.41) is 11.5. The normalized spacial score (nSPS) is 18.1. The molecular formula is C26H32N6O3. The van der Waals surface area contributed by atoms with Crippen molar-refractivity contribution in [3.63, 3.8) is 0 Å². The van der Waals surface area contributed by atoms with Crippen LogP contribution in [-0.2, 0) is 11.8 Å². The Labute approximate surface area is 204 Å². The lowest BCUT2D eigenvalue weighted by Gasteiger charge is -2.22. The summed E-state index contributed by atoms with van der Waals surface area (Å²) >= 11 is 0. The van der Waals surface area contributed by atoms with E-state index in [-0.39, 0.29) is 11.9 Å². The molecule has 2 fully saturated rings. The molecule has 9 heteroatoms. The minimum Gasteiger partial charge on any atom is -0.444 e. The number of hydrogen-bond acceptors (Lipinski definition) is 6. The predicted octanol–water partition coefficient (Wildman–Crippen LogP) is 4.20. The molecule has 1 atom stereocenters. The zero-order valence-electron chi connectivity index (χ0n) is 20.7. The number of benzene rings is 1. The molecule has 1 aliphatic carbocycles. The van der Waals surface area contributed by atoms with Gasteiger partial charge in [-0.05, 0) is 75.8 Å². The minimum atomic E-state index is -0.535. The van der Waals surface area contributed by atoms with Crippen LogP contribution in [0.3, 0.4) is 0 Å². The van der Waals surface area contributed by atoms with Crippen LogP contribution in [0.25, 0.3) is 10.9 Å². The van der Waals surface area contributed by atoms with E-state index in [0.29, 0.717) is 18.2 Å². The largest absolute Gasteiger partial charge is 0.444 e. The van der Waals surface area contributed by atoms with Crippen molar-refractivity contribution in [2.75, 3.05) is 23.3 Å². The van der Waals surface area contributed by atoms with Crippen molar-refractivity contribution in [1.82, 2.24) is 20.1 Å². The van der Waals surface area contributed by atoms with Crippen molar-refractivity contribution in [2.45, 2.75) is 57.6 Å². The average molecular weight is 477 g/mol. The molecule has 35 heavy (non-hydrogen) atoms. The third kappa shape index (κ3) is 5.39. The maximum absolute atomic E-state index is 13.2. The van der Waals surface area contributed by atoms with Gasteiger partial charge in [0.2, 0.25) is 0 Å². The number of ether oxygens (including phenoxy) is 1. The summed E-state index contributed by atoms with van der Waals surface area (Å²) in [6.07, 6.45) is 4.58. The molecule has 1 aliphatic heterocycles. The molecular weight excluding hydrogens is 444 g/mol. The van der Waals surface area contributed by atoms with Crippen LogP contribution in [0.2, 0.25) is 0 Å². The van der Waals surface area contributed by atoms with Crippen LogP contribution in [0.15, 0.2) is 36.5 Å². The van der Waals surface area contributed by atoms with E-state index in [4.69, 9.17) is 4.74 Å². The zero-order valence-corrected chi connectivity index (χ0v) is 20.7. The van der Waals surface area contributed by atoms with Gasteiger partial charge in [-0.15, -0.1) is 0 Å². The van der Waals surface area contributed by atoms with Gasteiger partial charge in [0.25, 0.3) is 5.91 Å². The van der Waals surface area contributed by atoms with Gasteiger partial charge in [0.1, 0.15) is 17.1 Å². The molecule has 3 aromatic rings. The number of aryl methyl sites for hydroxylation is 1. The summed E-state index contributed by atoms with van der Waals surface area (Å²) < 4.78 is 7.15. The van der Waals surface area contributed by atoms with Gasteiger partial charge in [-0.25, -0.2) is 9.78 Å². The fourth-order valence-corrected chi connectivity index (χ4v) is 4.52. The summed E-state index contributed by atoms with van der Waals surface area (Å²) in [5.41, 5.74) is 2.73. The number of aromatic nitrogens is 3. The summed E-state index contributed by atoms with van der Waals surface area (Å²) in [5.74, 6) is 0.950. The zero-order chi connectivity index (χ0) is 24.7. The topological polar surface area (TPSA) is 101 Å². The molecule has 0 radical (unpaired) electrons. The van der Waals surface area contributed by atoms with Crippen LogP contribution in [0.1, 0.15) is 62.0 Å². The monoisotopic (exact) mass is 476 g/mol. The van der Waals surface area contributed by atoms with E-state index in [9.17, 15) is 9.59 Å². The van der Waals surface area contributed by atoms with E-state index in [1.54, 1.807) is 10.7 Å². The summed E-state index contributed by atoms with van der Waals surface area (Å²) in [6.45, 7) is 6.88. The Morgan fingerprint density at radius 1 is 1.14 bits per heavy atom. The van der Waals surface area contributed by atoms with Crippen molar-refractivity contribution in [2.24, 2.45) is 7.05 Å². The van der Waals surface area contributed by atoms with Gasteiger partial charge in [-0.3, -0.25) is 9.48 Å². The number of carbonyl (C=O) groups is 2. The van der Waals surface area contributed by atoms with Gasteiger partial charge in [0.15, 0.2) is 0 Å². The second kappa shape index (κ2) is 8.87. The number of nitrogens with one attached hydrogen (secondary N) is 2. The van der Waals surface area contributed by atoms with Gasteiger partial charge in [-0.1, -0.05) is 6.07 Å². The summed E-state index contributed by atoms with van der Waals surface area (Å²) in [4.78, 5) is 32.0. The van der Waals surface area contributed by atoms with Crippen LogP contribution < -0.4 is 15.5 Å². The number of carbonyl (C=O) groups excluding carboxylic acids is 2. The first kappa shape index (κ1) is 23.1. The molecule has 2 aliphatic rings. The lowest BCUT2D eigenvalue weighted by molar-refractivity contribution is 0.0509. The Kier molecular flexibility index (Phi) is 5.86. The molecule has 0 unspecified atom stereocenters. The van der Waals surface area contributed by atoms with E-state index in [0.717, 1.165) is 53.8 Å². The van der Waals surface area contributed by atoms with Crippen molar-refractivity contribution in [1.29, 1.82) is 0 Å². The van der Waals surface area contributed by atoms with Crippen molar-refractivity contribution < 1.29 is 14.3 Å². The standard InChI is InChI=1S/C26H32N6O3/c1-26(2,3)35-25(34)27-18-10-11-32(15-18)23-7-5-6-20(28-23)24(33)29-22-12-17-14-31(4)30-21(17)13-19(22)16-8-9-16/h5-7,12-14,16,18H,8-11,15H2,1-4H3,(H,27,34)(H,29,33)/t18-/m0/s1. The van der Waals surface area contributed by atoms with E-state index < -0.39 is 11.7 Å². The van der Waals surface area contributed by atoms with Gasteiger partial charge in [-0.2, -0.15) is 5.10 Å². The molecule has 1 aromatic carbocycles.